The molecule has 0 spiro atoms. The second-order valence-corrected chi connectivity index (χ2v) is 1.95. The van der Waals surface area contributed by atoms with Gasteiger partial charge >= 0.3 is 5.37 Å². The van der Waals surface area contributed by atoms with E-state index in [1.54, 1.807) is 24.6 Å². The molecule has 1 amide bonds. The first-order chi connectivity index (χ1) is 4.72. The Balaban J connectivity index is 4.11. The number of allylic oxidation sites excluding steroid dienone is 2. The third-order valence-corrected chi connectivity index (χ3v) is 1.02. The van der Waals surface area contributed by atoms with Crippen LogP contribution in [0.15, 0.2) is 24.6 Å². The number of halogens is 1. The van der Waals surface area contributed by atoms with E-state index in [1.165, 1.54) is 4.90 Å². The van der Waals surface area contributed by atoms with Crippen LogP contribution in [0.1, 0.15) is 13.8 Å². The highest BCUT2D eigenvalue weighted by Crippen LogP contribution is 1.98. The SMILES string of the molecule is C/C=C/N(/C=C/C)C(=O)Cl. The standard InChI is InChI=1S/C7H10ClNO/c1-3-5-9(6-4-2)7(8)10/h3-6H,1-2H3/b5-3+,6-4+. The Kier molecular flexibility index (Phi) is 4.67. The highest BCUT2D eigenvalue weighted by Gasteiger charge is 1.99. The lowest BCUT2D eigenvalue weighted by Crippen LogP contribution is -2.11. The molecule has 0 aliphatic rings. The van der Waals surface area contributed by atoms with Crippen LogP contribution in [-0.2, 0) is 0 Å². The van der Waals surface area contributed by atoms with Crippen LogP contribution >= 0.6 is 11.6 Å². The zero-order valence-corrected chi connectivity index (χ0v) is 6.80. The number of hydrogen-bond acceptors (Lipinski definition) is 1. The fourth-order valence-corrected chi connectivity index (χ4v) is 0.601. The van der Waals surface area contributed by atoms with Gasteiger partial charge in [0.15, 0.2) is 0 Å². The van der Waals surface area contributed by atoms with Gasteiger partial charge in [-0.15, -0.1) is 0 Å². The maximum atomic E-state index is 10.5. The highest BCUT2D eigenvalue weighted by atomic mass is 35.5. The van der Waals surface area contributed by atoms with Crippen molar-refractivity contribution in [3.05, 3.63) is 24.6 Å². The van der Waals surface area contributed by atoms with Crippen LogP contribution in [0, 0.1) is 0 Å². The maximum absolute atomic E-state index is 10.5. The maximum Gasteiger partial charge on any atom is 0.324 e. The summed E-state index contributed by atoms with van der Waals surface area (Å²) >= 11 is 5.19. The first-order valence-electron chi connectivity index (χ1n) is 2.95. The first-order valence-corrected chi connectivity index (χ1v) is 3.33. The van der Waals surface area contributed by atoms with Crippen molar-refractivity contribution in [2.24, 2.45) is 0 Å². The Morgan fingerprint density at radius 3 is 1.90 bits per heavy atom. The summed E-state index contributed by atoms with van der Waals surface area (Å²) in [6.45, 7) is 3.63. The van der Waals surface area contributed by atoms with Crippen LogP contribution in [0.2, 0.25) is 0 Å². The molecule has 0 aromatic carbocycles. The van der Waals surface area contributed by atoms with Crippen molar-refractivity contribution in [1.29, 1.82) is 0 Å². The van der Waals surface area contributed by atoms with Gasteiger partial charge in [0.05, 0.1) is 0 Å². The molecule has 0 radical (unpaired) electrons. The molecule has 0 aromatic heterocycles. The molecule has 0 atom stereocenters. The molecule has 0 aliphatic heterocycles. The van der Waals surface area contributed by atoms with Crippen molar-refractivity contribution in [3.8, 4) is 0 Å². The molecule has 0 fully saturated rings. The summed E-state index contributed by atoms with van der Waals surface area (Å²) in [5.74, 6) is 0. The Morgan fingerprint density at radius 1 is 1.30 bits per heavy atom. The van der Waals surface area contributed by atoms with Crippen LogP contribution < -0.4 is 0 Å². The summed E-state index contributed by atoms with van der Waals surface area (Å²) in [6, 6.07) is 0. The topological polar surface area (TPSA) is 20.3 Å². The van der Waals surface area contributed by atoms with Crippen LogP contribution in [-0.4, -0.2) is 10.3 Å². The minimum Gasteiger partial charge on any atom is -0.282 e. The molecule has 0 saturated carbocycles. The second kappa shape index (κ2) is 5.06. The Bertz CT molecular complexity index is 151. The van der Waals surface area contributed by atoms with Crippen LogP contribution in [0.25, 0.3) is 0 Å². The zero-order chi connectivity index (χ0) is 7.98. The van der Waals surface area contributed by atoms with E-state index in [0.717, 1.165) is 0 Å². The zero-order valence-electron chi connectivity index (χ0n) is 6.04. The Hall–Kier alpha value is -0.760. The van der Waals surface area contributed by atoms with E-state index in [9.17, 15) is 4.79 Å². The molecule has 56 valence electrons. The molecule has 0 unspecified atom stereocenters. The predicted molar refractivity (Wildman–Crippen MR) is 42.7 cm³/mol. The van der Waals surface area contributed by atoms with Crippen molar-refractivity contribution < 1.29 is 4.79 Å². The predicted octanol–water partition coefficient (Wildman–Crippen LogP) is 2.71. The normalized spacial score (nSPS) is 11.1. The van der Waals surface area contributed by atoms with E-state index in [2.05, 4.69) is 0 Å². The fourth-order valence-electron chi connectivity index (χ4n) is 0.488. The van der Waals surface area contributed by atoms with E-state index in [0.29, 0.717) is 0 Å². The number of amides is 1. The molecule has 3 heteroatoms. The quantitative estimate of drug-likeness (QED) is 0.448. The minimum absolute atomic E-state index is 0.504. The molecule has 0 aromatic rings. The van der Waals surface area contributed by atoms with Crippen LogP contribution in [0.3, 0.4) is 0 Å². The van der Waals surface area contributed by atoms with Gasteiger partial charge in [-0.1, -0.05) is 12.2 Å². The van der Waals surface area contributed by atoms with E-state index in [4.69, 9.17) is 11.6 Å². The molecule has 0 aliphatic carbocycles. The van der Waals surface area contributed by atoms with Gasteiger partial charge in [-0.05, 0) is 25.4 Å². The van der Waals surface area contributed by atoms with E-state index in [1.807, 2.05) is 13.8 Å². The van der Waals surface area contributed by atoms with Crippen molar-refractivity contribution >= 4 is 17.0 Å². The van der Waals surface area contributed by atoms with Crippen molar-refractivity contribution in [3.63, 3.8) is 0 Å². The summed E-state index contributed by atoms with van der Waals surface area (Å²) in [5.41, 5.74) is 0. The second-order valence-electron chi connectivity index (χ2n) is 1.63. The average Bonchev–Trinajstić information content (AvgIpc) is 1.87. The molecular formula is C7H10ClNO. The molecule has 2 nitrogen and oxygen atoms in total. The van der Waals surface area contributed by atoms with Crippen molar-refractivity contribution in [2.75, 3.05) is 0 Å². The smallest absolute Gasteiger partial charge is 0.282 e. The van der Waals surface area contributed by atoms with Crippen LogP contribution in [0.5, 0.6) is 0 Å². The number of rotatable bonds is 2. The minimum atomic E-state index is -0.504. The molecule has 10 heavy (non-hydrogen) atoms. The van der Waals surface area contributed by atoms with Gasteiger partial charge in [0.25, 0.3) is 0 Å². The lowest BCUT2D eigenvalue weighted by Gasteiger charge is -2.06. The van der Waals surface area contributed by atoms with Gasteiger partial charge in [0, 0.05) is 12.4 Å². The molecule has 0 heterocycles. The summed E-state index contributed by atoms with van der Waals surface area (Å²) in [7, 11) is 0. The summed E-state index contributed by atoms with van der Waals surface area (Å²) in [5, 5.41) is -0.504. The highest BCUT2D eigenvalue weighted by molar-refractivity contribution is 6.63. The van der Waals surface area contributed by atoms with Gasteiger partial charge in [0.2, 0.25) is 0 Å². The first kappa shape index (κ1) is 9.24. The summed E-state index contributed by atoms with van der Waals surface area (Å²) in [6.07, 6.45) is 6.66. The van der Waals surface area contributed by atoms with E-state index >= 15 is 0 Å². The Labute approximate surface area is 65.8 Å². The van der Waals surface area contributed by atoms with Crippen LogP contribution in [0.4, 0.5) is 4.79 Å². The molecule has 0 rings (SSSR count). The lowest BCUT2D eigenvalue weighted by molar-refractivity contribution is 0.247. The number of carbonyl (C=O) groups is 1. The average molecular weight is 160 g/mol. The molecular weight excluding hydrogens is 150 g/mol. The third-order valence-electron chi connectivity index (χ3n) is 0.822. The molecule has 0 N–H and O–H groups in total. The largest absolute Gasteiger partial charge is 0.324 e. The van der Waals surface area contributed by atoms with E-state index in [-0.39, 0.29) is 0 Å². The Morgan fingerprint density at radius 2 is 1.70 bits per heavy atom. The fraction of sp³-hybridized carbons (Fsp3) is 0.286. The van der Waals surface area contributed by atoms with Gasteiger partial charge in [-0.2, -0.15) is 0 Å². The monoisotopic (exact) mass is 159 g/mol. The number of nitrogens with zero attached hydrogens (tertiary/aromatic N) is 1. The summed E-state index contributed by atoms with van der Waals surface area (Å²) in [4.78, 5) is 11.8. The van der Waals surface area contributed by atoms with Gasteiger partial charge in [0.1, 0.15) is 0 Å². The van der Waals surface area contributed by atoms with E-state index < -0.39 is 5.37 Å². The third kappa shape index (κ3) is 3.30. The van der Waals surface area contributed by atoms with Gasteiger partial charge < -0.3 is 0 Å². The lowest BCUT2D eigenvalue weighted by atomic mass is 10.6. The number of hydrogen-bond donors (Lipinski definition) is 0. The summed E-state index contributed by atoms with van der Waals surface area (Å²) < 4.78 is 0. The van der Waals surface area contributed by atoms with Gasteiger partial charge in [-0.25, -0.2) is 0 Å². The van der Waals surface area contributed by atoms with Gasteiger partial charge in [-0.3, -0.25) is 9.69 Å². The van der Waals surface area contributed by atoms with Crippen molar-refractivity contribution in [1.82, 2.24) is 4.90 Å². The molecule has 0 bridgehead atoms. The number of carbonyl (C=O) groups excluding carboxylic acids is 1. The molecule has 0 saturated heterocycles. The van der Waals surface area contributed by atoms with Crippen molar-refractivity contribution in [2.45, 2.75) is 13.8 Å².